The maximum atomic E-state index is 11.8. The van der Waals surface area contributed by atoms with E-state index in [1.807, 2.05) is 13.8 Å². The van der Waals surface area contributed by atoms with Gasteiger partial charge in [-0.05, 0) is 13.3 Å². The minimum absolute atomic E-state index is 0.0771. The Morgan fingerprint density at radius 3 is 2.93 bits per heavy atom. The number of H-pyrrole nitrogens is 1. The average Bonchev–Trinajstić information content (AvgIpc) is 2.69. The Labute approximate surface area is 83.1 Å². The minimum Gasteiger partial charge on any atom is -0.329 e. The highest BCUT2D eigenvalue weighted by atomic mass is 16.2. The van der Waals surface area contributed by atoms with E-state index in [0.29, 0.717) is 18.8 Å². The topological polar surface area (TPSA) is 83.8 Å². The summed E-state index contributed by atoms with van der Waals surface area (Å²) in [7, 11) is 0. The quantitative estimate of drug-likeness (QED) is 0.663. The van der Waals surface area contributed by atoms with Crippen molar-refractivity contribution in [3.05, 3.63) is 12.3 Å². The van der Waals surface area contributed by atoms with Gasteiger partial charge < -0.3 is 11.1 Å². The molecule has 78 valence electrons. The van der Waals surface area contributed by atoms with Crippen molar-refractivity contribution in [2.75, 3.05) is 11.9 Å². The van der Waals surface area contributed by atoms with Gasteiger partial charge in [0.2, 0.25) is 5.91 Å². The predicted octanol–water partition coefficient (Wildman–Crippen LogP) is 0.723. The molecule has 1 unspecified atom stereocenters. The molecule has 0 aliphatic rings. The van der Waals surface area contributed by atoms with Crippen molar-refractivity contribution in [3.8, 4) is 0 Å². The molecular formula is C9H16N4O. The number of nitrogens with one attached hydrogen (secondary N) is 2. The van der Waals surface area contributed by atoms with Crippen LogP contribution >= 0.6 is 0 Å². The summed E-state index contributed by atoms with van der Waals surface area (Å²) < 4.78 is 0. The van der Waals surface area contributed by atoms with Crippen LogP contribution in [0.5, 0.6) is 0 Å². The van der Waals surface area contributed by atoms with Crippen molar-refractivity contribution < 1.29 is 4.79 Å². The van der Waals surface area contributed by atoms with Gasteiger partial charge in [-0.2, -0.15) is 5.10 Å². The Morgan fingerprint density at radius 1 is 1.79 bits per heavy atom. The summed E-state index contributed by atoms with van der Waals surface area (Å²) in [5.74, 6) is 0.523. The van der Waals surface area contributed by atoms with Gasteiger partial charge in [0.15, 0.2) is 0 Å². The average molecular weight is 196 g/mol. The van der Waals surface area contributed by atoms with E-state index >= 15 is 0 Å². The molecular weight excluding hydrogens is 180 g/mol. The van der Waals surface area contributed by atoms with Gasteiger partial charge >= 0.3 is 0 Å². The van der Waals surface area contributed by atoms with Crippen LogP contribution < -0.4 is 11.1 Å². The van der Waals surface area contributed by atoms with E-state index in [1.54, 1.807) is 12.3 Å². The van der Waals surface area contributed by atoms with Gasteiger partial charge in [-0.1, -0.05) is 6.92 Å². The van der Waals surface area contributed by atoms with Gasteiger partial charge in [0.1, 0.15) is 5.82 Å². The van der Waals surface area contributed by atoms with Crippen molar-refractivity contribution in [1.82, 2.24) is 10.2 Å². The van der Waals surface area contributed by atoms with Crippen molar-refractivity contribution in [2.45, 2.75) is 20.3 Å². The number of aromatic amines is 1. The number of rotatable bonds is 4. The molecule has 0 fully saturated rings. The smallest absolute Gasteiger partial charge is 0.232 e. The Morgan fingerprint density at radius 2 is 2.50 bits per heavy atom. The summed E-state index contributed by atoms with van der Waals surface area (Å²) in [6.45, 7) is 4.13. The van der Waals surface area contributed by atoms with E-state index in [-0.39, 0.29) is 5.91 Å². The molecule has 0 spiro atoms. The standard InChI is InChI=1S/C9H16N4O/c1-3-9(2,6-10)8(14)12-7-4-5-11-13-7/h4-5H,3,6,10H2,1-2H3,(H2,11,12,13,14). The molecule has 0 radical (unpaired) electrons. The fourth-order valence-corrected chi connectivity index (χ4v) is 0.996. The molecule has 1 aromatic heterocycles. The first-order valence-corrected chi connectivity index (χ1v) is 4.63. The van der Waals surface area contributed by atoms with Crippen molar-refractivity contribution in [3.63, 3.8) is 0 Å². The summed E-state index contributed by atoms with van der Waals surface area (Å²) >= 11 is 0. The van der Waals surface area contributed by atoms with E-state index in [9.17, 15) is 4.79 Å². The van der Waals surface area contributed by atoms with E-state index in [2.05, 4.69) is 15.5 Å². The lowest BCUT2D eigenvalue weighted by atomic mass is 9.87. The van der Waals surface area contributed by atoms with Crippen LogP contribution in [0, 0.1) is 5.41 Å². The molecule has 0 bridgehead atoms. The molecule has 1 aromatic rings. The number of amides is 1. The summed E-state index contributed by atoms with van der Waals surface area (Å²) in [5, 5.41) is 9.13. The predicted molar refractivity (Wildman–Crippen MR) is 54.7 cm³/mol. The van der Waals surface area contributed by atoms with E-state index in [4.69, 9.17) is 5.73 Å². The Kier molecular flexibility index (Phi) is 3.24. The Hall–Kier alpha value is -1.36. The number of anilines is 1. The second-order valence-corrected chi connectivity index (χ2v) is 3.54. The normalized spacial score (nSPS) is 14.8. The monoisotopic (exact) mass is 196 g/mol. The van der Waals surface area contributed by atoms with Crippen LogP contribution in [0.2, 0.25) is 0 Å². The Balaban J connectivity index is 2.66. The highest BCUT2D eigenvalue weighted by Crippen LogP contribution is 2.20. The van der Waals surface area contributed by atoms with Crippen LogP contribution in [0.3, 0.4) is 0 Å². The summed E-state index contributed by atoms with van der Waals surface area (Å²) in [5.41, 5.74) is 5.05. The third-order valence-corrected chi connectivity index (χ3v) is 2.53. The van der Waals surface area contributed by atoms with Crippen LogP contribution in [-0.4, -0.2) is 22.6 Å². The summed E-state index contributed by atoms with van der Waals surface area (Å²) in [6, 6.07) is 1.70. The molecule has 1 atom stereocenters. The first-order valence-electron chi connectivity index (χ1n) is 4.63. The number of carbonyl (C=O) groups is 1. The Bertz CT molecular complexity index is 290. The third-order valence-electron chi connectivity index (χ3n) is 2.53. The van der Waals surface area contributed by atoms with Crippen molar-refractivity contribution in [1.29, 1.82) is 0 Å². The molecule has 0 saturated carbocycles. The van der Waals surface area contributed by atoms with Gasteiger partial charge in [0.05, 0.1) is 11.6 Å². The number of nitrogens with zero attached hydrogens (tertiary/aromatic N) is 1. The van der Waals surface area contributed by atoms with Gasteiger partial charge in [0.25, 0.3) is 0 Å². The lowest BCUT2D eigenvalue weighted by molar-refractivity contribution is -0.124. The van der Waals surface area contributed by atoms with Crippen molar-refractivity contribution in [2.24, 2.45) is 11.1 Å². The maximum Gasteiger partial charge on any atom is 0.232 e. The zero-order valence-corrected chi connectivity index (χ0v) is 8.50. The molecule has 1 amide bonds. The maximum absolute atomic E-state index is 11.8. The first-order chi connectivity index (χ1) is 6.62. The van der Waals surface area contributed by atoms with Crippen LogP contribution in [0.25, 0.3) is 0 Å². The highest BCUT2D eigenvalue weighted by molar-refractivity contribution is 5.94. The van der Waals surface area contributed by atoms with Crippen LogP contribution in [-0.2, 0) is 4.79 Å². The second-order valence-electron chi connectivity index (χ2n) is 3.54. The van der Waals surface area contributed by atoms with Crippen LogP contribution in [0.4, 0.5) is 5.82 Å². The lowest BCUT2D eigenvalue weighted by Gasteiger charge is -2.24. The molecule has 1 rings (SSSR count). The van der Waals surface area contributed by atoms with Crippen molar-refractivity contribution >= 4 is 11.7 Å². The fraction of sp³-hybridized carbons (Fsp3) is 0.556. The SMILES string of the molecule is CCC(C)(CN)C(=O)Nc1ccn[nH]1. The van der Waals surface area contributed by atoms with E-state index < -0.39 is 5.41 Å². The minimum atomic E-state index is -0.509. The molecule has 5 nitrogen and oxygen atoms in total. The first kappa shape index (κ1) is 10.7. The largest absolute Gasteiger partial charge is 0.329 e. The van der Waals surface area contributed by atoms with Gasteiger partial charge in [-0.3, -0.25) is 9.89 Å². The number of nitrogens with two attached hydrogens (primary N) is 1. The zero-order valence-electron chi connectivity index (χ0n) is 8.50. The molecule has 14 heavy (non-hydrogen) atoms. The summed E-state index contributed by atoms with van der Waals surface area (Å²) in [4.78, 5) is 11.8. The van der Waals surface area contributed by atoms with Gasteiger partial charge in [-0.25, -0.2) is 0 Å². The molecule has 0 saturated heterocycles. The number of hydrogen-bond donors (Lipinski definition) is 3. The molecule has 4 N–H and O–H groups in total. The third kappa shape index (κ3) is 2.11. The van der Waals surface area contributed by atoms with Crippen LogP contribution in [0.1, 0.15) is 20.3 Å². The molecule has 5 heteroatoms. The lowest BCUT2D eigenvalue weighted by Crippen LogP contribution is -2.39. The van der Waals surface area contributed by atoms with Gasteiger partial charge in [0, 0.05) is 12.6 Å². The van der Waals surface area contributed by atoms with E-state index in [0.717, 1.165) is 0 Å². The summed E-state index contributed by atoms with van der Waals surface area (Å²) in [6.07, 6.45) is 2.30. The molecule has 0 aliphatic heterocycles. The van der Waals surface area contributed by atoms with Gasteiger partial charge in [-0.15, -0.1) is 0 Å². The fourth-order valence-electron chi connectivity index (χ4n) is 0.996. The molecule has 0 aliphatic carbocycles. The number of carbonyl (C=O) groups excluding carboxylic acids is 1. The van der Waals surface area contributed by atoms with E-state index in [1.165, 1.54) is 0 Å². The van der Waals surface area contributed by atoms with Crippen LogP contribution in [0.15, 0.2) is 12.3 Å². The number of hydrogen-bond acceptors (Lipinski definition) is 3. The second kappa shape index (κ2) is 4.23. The molecule has 0 aromatic carbocycles. The molecule has 1 heterocycles. The zero-order chi connectivity index (χ0) is 10.6. The number of aromatic nitrogens is 2. The highest BCUT2D eigenvalue weighted by Gasteiger charge is 2.29.